The van der Waals surface area contributed by atoms with Crippen molar-refractivity contribution in [3.05, 3.63) is 35.4 Å². The molecular weight excluding hydrogens is 250 g/mol. The number of carbonyl (C=O) groups excluding carboxylic acids is 1. The molecule has 0 bridgehead atoms. The highest BCUT2D eigenvalue weighted by Gasteiger charge is 2.34. The van der Waals surface area contributed by atoms with Crippen molar-refractivity contribution in [2.45, 2.75) is 19.5 Å². The molecule has 4 nitrogen and oxygen atoms in total. The van der Waals surface area contributed by atoms with E-state index in [9.17, 15) is 4.79 Å². The van der Waals surface area contributed by atoms with Crippen LogP contribution in [-0.2, 0) is 4.79 Å². The second-order valence-corrected chi connectivity index (χ2v) is 6.10. The Morgan fingerprint density at radius 1 is 1.35 bits per heavy atom. The summed E-state index contributed by atoms with van der Waals surface area (Å²) in [6.07, 6.45) is 1.25. The third-order valence-corrected chi connectivity index (χ3v) is 4.51. The Morgan fingerprint density at radius 3 is 2.85 bits per heavy atom. The molecule has 1 aromatic rings. The van der Waals surface area contributed by atoms with Gasteiger partial charge in [0.15, 0.2) is 0 Å². The lowest BCUT2D eigenvalue weighted by atomic mass is 10.0. The van der Waals surface area contributed by atoms with E-state index in [-0.39, 0.29) is 12.1 Å². The number of hydrogen-bond donors (Lipinski definition) is 1. The van der Waals surface area contributed by atoms with Crippen molar-refractivity contribution in [3.8, 4) is 0 Å². The van der Waals surface area contributed by atoms with Crippen LogP contribution in [-0.4, -0.2) is 48.9 Å². The van der Waals surface area contributed by atoms with Crippen LogP contribution in [0, 0.1) is 12.8 Å². The average Bonchev–Trinajstić information content (AvgIpc) is 2.99. The Morgan fingerprint density at radius 2 is 2.15 bits per heavy atom. The van der Waals surface area contributed by atoms with Gasteiger partial charge in [-0.15, -0.1) is 0 Å². The summed E-state index contributed by atoms with van der Waals surface area (Å²) < 4.78 is 0. The zero-order valence-corrected chi connectivity index (χ0v) is 12.3. The van der Waals surface area contributed by atoms with Gasteiger partial charge >= 0.3 is 0 Å². The van der Waals surface area contributed by atoms with Crippen LogP contribution in [0.3, 0.4) is 0 Å². The molecule has 1 N–H and O–H groups in total. The average molecular weight is 273 g/mol. The van der Waals surface area contributed by atoms with Crippen molar-refractivity contribution >= 4 is 5.91 Å². The Bertz CT molecular complexity index is 502. The first-order valence-electron chi connectivity index (χ1n) is 7.42. The zero-order chi connectivity index (χ0) is 14.1. The fourth-order valence-corrected chi connectivity index (χ4v) is 3.37. The maximum atomic E-state index is 12.2. The van der Waals surface area contributed by atoms with E-state index in [1.807, 2.05) is 17.0 Å². The molecule has 2 heterocycles. The highest BCUT2D eigenvalue weighted by Crippen LogP contribution is 2.27. The molecule has 2 fully saturated rings. The van der Waals surface area contributed by atoms with E-state index in [1.165, 1.54) is 17.5 Å². The van der Waals surface area contributed by atoms with Crippen molar-refractivity contribution in [2.75, 3.05) is 33.2 Å². The van der Waals surface area contributed by atoms with Gasteiger partial charge in [0.1, 0.15) is 6.17 Å². The molecule has 20 heavy (non-hydrogen) atoms. The molecule has 0 spiro atoms. The molecule has 2 saturated heterocycles. The van der Waals surface area contributed by atoms with Crippen molar-refractivity contribution in [1.82, 2.24) is 15.1 Å². The first-order chi connectivity index (χ1) is 9.65. The first kappa shape index (κ1) is 13.6. The minimum absolute atomic E-state index is 0.0506. The SMILES string of the molecule is Cc1ccccc1C1NCC(=O)N1CC1CCN(C)C1. The van der Waals surface area contributed by atoms with Gasteiger partial charge in [-0.25, -0.2) is 0 Å². The quantitative estimate of drug-likeness (QED) is 0.903. The normalized spacial score (nSPS) is 27.5. The largest absolute Gasteiger partial charge is 0.321 e. The van der Waals surface area contributed by atoms with Gasteiger partial charge < -0.3 is 9.80 Å². The van der Waals surface area contributed by atoms with Gasteiger partial charge in [-0.1, -0.05) is 24.3 Å². The van der Waals surface area contributed by atoms with Gasteiger partial charge in [0, 0.05) is 13.1 Å². The number of hydrogen-bond acceptors (Lipinski definition) is 3. The highest BCUT2D eigenvalue weighted by atomic mass is 16.2. The van der Waals surface area contributed by atoms with Crippen LogP contribution in [0.15, 0.2) is 24.3 Å². The highest BCUT2D eigenvalue weighted by molar-refractivity contribution is 5.81. The predicted molar refractivity (Wildman–Crippen MR) is 79.2 cm³/mol. The van der Waals surface area contributed by atoms with Crippen LogP contribution in [0.1, 0.15) is 23.7 Å². The Balaban J connectivity index is 1.77. The van der Waals surface area contributed by atoms with Gasteiger partial charge in [-0.05, 0) is 44.0 Å². The topological polar surface area (TPSA) is 35.6 Å². The van der Waals surface area contributed by atoms with Crippen LogP contribution in [0.4, 0.5) is 0 Å². The number of carbonyl (C=O) groups is 1. The fourth-order valence-electron chi connectivity index (χ4n) is 3.37. The van der Waals surface area contributed by atoms with Gasteiger partial charge in [0.25, 0.3) is 0 Å². The molecule has 4 heteroatoms. The van der Waals surface area contributed by atoms with E-state index in [0.717, 1.165) is 19.6 Å². The number of aryl methyl sites for hydroxylation is 1. The van der Waals surface area contributed by atoms with Crippen LogP contribution in [0.2, 0.25) is 0 Å². The van der Waals surface area contributed by atoms with Crippen LogP contribution >= 0.6 is 0 Å². The van der Waals surface area contributed by atoms with Crippen LogP contribution in [0.25, 0.3) is 0 Å². The van der Waals surface area contributed by atoms with Crippen LogP contribution < -0.4 is 5.32 Å². The smallest absolute Gasteiger partial charge is 0.238 e. The minimum Gasteiger partial charge on any atom is -0.321 e. The summed E-state index contributed by atoms with van der Waals surface area (Å²) in [4.78, 5) is 16.6. The Kier molecular flexibility index (Phi) is 3.76. The van der Waals surface area contributed by atoms with E-state index < -0.39 is 0 Å². The van der Waals surface area contributed by atoms with E-state index in [0.29, 0.717) is 12.5 Å². The zero-order valence-electron chi connectivity index (χ0n) is 12.3. The van der Waals surface area contributed by atoms with Gasteiger partial charge in [0.2, 0.25) is 5.91 Å². The minimum atomic E-state index is 0.0506. The predicted octanol–water partition coefficient (Wildman–Crippen LogP) is 1.38. The summed E-state index contributed by atoms with van der Waals surface area (Å²) in [7, 11) is 2.16. The molecular formula is C16H23N3O. The number of rotatable bonds is 3. The van der Waals surface area contributed by atoms with E-state index in [1.54, 1.807) is 0 Å². The first-order valence-corrected chi connectivity index (χ1v) is 7.42. The van der Waals surface area contributed by atoms with Gasteiger partial charge in [-0.2, -0.15) is 0 Å². The molecule has 0 aromatic heterocycles. The van der Waals surface area contributed by atoms with E-state index in [4.69, 9.17) is 0 Å². The van der Waals surface area contributed by atoms with Crippen molar-refractivity contribution in [2.24, 2.45) is 5.92 Å². The maximum Gasteiger partial charge on any atom is 0.238 e. The molecule has 2 aliphatic rings. The lowest BCUT2D eigenvalue weighted by Crippen LogP contribution is -2.35. The van der Waals surface area contributed by atoms with Crippen LogP contribution in [0.5, 0.6) is 0 Å². The fraction of sp³-hybridized carbons (Fsp3) is 0.562. The molecule has 1 aromatic carbocycles. The number of amides is 1. The number of benzene rings is 1. The molecule has 0 radical (unpaired) electrons. The summed E-state index contributed by atoms with van der Waals surface area (Å²) in [5, 5.41) is 3.36. The summed E-state index contributed by atoms with van der Waals surface area (Å²) in [6, 6.07) is 8.33. The van der Waals surface area contributed by atoms with E-state index >= 15 is 0 Å². The Labute approximate surface area is 120 Å². The third kappa shape index (κ3) is 2.58. The molecule has 3 rings (SSSR count). The monoisotopic (exact) mass is 273 g/mol. The van der Waals surface area contributed by atoms with Gasteiger partial charge in [0.05, 0.1) is 6.54 Å². The molecule has 2 atom stereocenters. The second kappa shape index (κ2) is 5.54. The third-order valence-electron chi connectivity index (χ3n) is 4.51. The van der Waals surface area contributed by atoms with Gasteiger partial charge in [-0.3, -0.25) is 10.1 Å². The number of nitrogens with one attached hydrogen (secondary N) is 1. The molecule has 1 amide bonds. The van der Waals surface area contributed by atoms with Crippen molar-refractivity contribution in [3.63, 3.8) is 0 Å². The Hall–Kier alpha value is -1.39. The summed E-state index contributed by atoms with van der Waals surface area (Å²) in [5.41, 5.74) is 2.47. The molecule has 2 unspecified atom stereocenters. The summed E-state index contributed by atoms with van der Waals surface area (Å²) in [5.74, 6) is 0.836. The lowest BCUT2D eigenvalue weighted by Gasteiger charge is -2.28. The summed E-state index contributed by atoms with van der Waals surface area (Å²) in [6.45, 7) is 5.69. The molecule has 2 aliphatic heterocycles. The second-order valence-electron chi connectivity index (χ2n) is 6.10. The lowest BCUT2D eigenvalue weighted by molar-refractivity contribution is -0.128. The molecule has 0 saturated carbocycles. The van der Waals surface area contributed by atoms with Crippen molar-refractivity contribution < 1.29 is 4.79 Å². The standard InChI is InChI=1S/C16H23N3O/c1-12-5-3-4-6-14(12)16-17-9-15(20)19(16)11-13-7-8-18(2)10-13/h3-6,13,16-17H,7-11H2,1-2H3. The molecule has 0 aliphatic carbocycles. The summed E-state index contributed by atoms with van der Waals surface area (Å²) >= 11 is 0. The van der Waals surface area contributed by atoms with Crippen molar-refractivity contribution in [1.29, 1.82) is 0 Å². The number of nitrogens with zero attached hydrogens (tertiary/aromatic N) is 2. The van der Waals surface area contributed by atoms with E-state index in [2.05, 4.69) is 36.3 Å². The maximum absolute atomic E-state index is 12.2. The molecule has 108 valence electrons. The number of likely N-dealkylation sites (tertiary alicyclic amines) is 1.